The molecule has 1 heterocycles. The number of aromatic hydroxyl groups is 1. The van der Waals surface area contributed by atoms with E-state index in [1.807, 2.05) is 42.5 Å². The summed E-state index contributed by atoms with van der Waals surface area (Å²) in [4.78, 5) is 2.83. The van der Waals surface area contributed by atoms with Crippen LogP contribution in [0.4, 0.5) is 5.69 Å². The van der Waals surface area contributed by atoms with Crippen molar-refractivity contribution in [1.82, 2.24) is 10.4 Å². The zero-order valence-electron chi connectivity index (χ0n) is 12.6. The number of thiocarbonyl (C=S) groups is 1. The summed E-state index contributed by atoms with van der Waals surface area (Å²) in [7, 11) is 0. The number of benzene rings is 2. The molecule has 0 unspecified atom stereocenters. The first-order valence-corrected chi connectivity index (χ1v) is 9.03. The Kier molecular flexibility index (Phi) is 5.57. The standard InChI is InChI=1S/C16H11Br2N5OS/c17-10-3-1-9(2-4-10)8-19-22-16(25)23-21-14-12-7-11(18)5-6-13(12)20-15(14)24/h1-8,20,24H,(H,22,25)/b19-8+,23-21?. The lowest BCUT2D eigenvalue weighted by Gasteiger charge is -1.96. The van der Waals surface area contributed by atoms with Gasteiger partial charge in [0.2, 0.25) is 11.0 Å². The van der Waals surface area contributed by atoms with Crippen LogP contribution in [-0.2, 0) is 0 Å². The lowest BCUT2D eigenvalue weighted by atomic mass is 10.2. The fourth-order valence-electron chi connectivity index (χ4n) is 2.07. The minimum atomic E-state index is -0.0713. The van der Waals surface area contributed by atoms with Crippen LogP contribution in [0.5, 0.6) is 5.88 Å². The maximum Gasteiger partial charge on any atom is 0.234 e. The summed E-state index contributed by atoms with van der Waals surface area (Å²) in [5, 5.41) is 22.7. The summed E-state index contributed by atoms with van der Waals surface area (Å²) in [6.07, 6.45) is 1.62. The maximum atomic E-state index is 9.96. The Bertz CT molecular complexity index is 982. The minimum absolute atomic E-state index is 0.0713. The number of fused-ring (bicyclic) bond motifs is 1. The molecule has 25 heavy (non-hydrogen) atoms. The highest BCUT2D eigenvalue weighted by molar-refractivity contribution is 9.10. The molecular weight excluding hydrogens is 470 g/mol. The molecule has 1 aromatic heterocycles. The average molecular weight is 481 g/mol. The number of hydrazone groups is 1. The van der Waals surface area contributed by atoms with Gasteiger partial charge in [0.15, 0.2) is 5.69 Å². The quantitative estimate of drug-likeness (QED) is 0.203. The highest BCUT2D eigenvalue weighted by Gasteiger charge is 2.10. The zero-order chi connectivity index (χ0) is 17.8. The van der Waals surface area contributed by atoms with Crippen molar-refractivity contribution in [3.05, 3.63) is 57.0 Å². The second kappa shape index (κ2) is 7.85. The van der Waals surface area contributed by atoms with Crippen molar-refractivity contribution in [3.8, 4) is 5.88 Å². The van der Waals surface area contributed by atoms with Crippen LogP contribution in [0.25, 0.3) is 10.9 Å². The highest BCUT2D eigenvalue weighted by atomic mass is 79.9. The fraction of sp³-hybridized carbons (Fsp3) is 0. The van der Waals surface area contributed by atoms with Gasteiger partial charge < -0.3 is 10.1 Å². The first kappa shape index (κ1) is 17.7. The average Bonchev–Trinajstić information content (AvgIpc) is 2.89. The Morgan fingerprint density at radius 1 is 1.12 bits per heavy atom. The van der Waals surface area contributed by atoms with Crippen LogP contribution in [-0.4, -0.2) is 21.4 Å². The summed E-state index contributed by atoms with van der Waals surface area (Å²) >= 11 is 11.8. The number of aromatic nitrogens is 1. The van der Waals surface area contributed by atoms with Gasteiger partial charge in [-0.2, -0.15) is 5.10 Å². The Hall–Kier alpha value is -2.10. The van der Waals surface area contributed by atoms with Crippen molar-refractivity contribution in [1.29, 1.82) is 0 Å². The Morgan fingerprint density at radius 2 is 1.84 bits per heavy atom. The largest absolute Gasteiger partial charge is 0.493 e. The first-order valence-electron chi connectivity index (χ1n) is 7.03. The van der Waals surface area contributed by atoms with Gasteiger partial charge >= 0.3 is 0 Å². The number of hydrogen-bond donors (Lipinski definition) is 3. The van der Waals surface area contributed by atoms with Crippen LogP contribution in [0.1, 0.15) is 5.56 Å². The lowest BCUT2D eigenvalue weighted by molar-refractivity contribution is 0.459. The molecule has 0 aliphatic carbocycles. The van der Waals surface area contributed by atoms with Crippen LogP contribution < -0.4 is 5.43 Å². The van der Waals surface area contributed by atoms with Gasteiger partial charge in [0.05, 0.1) is 11.7 Å². The molecule has 3 aromatic rings. The van der Waals surface area contributed by atoms with E-state index in [1.165, 1.54) is 0 Å². The van der Waals surface area contributed by atoms with Gasteiger partial charge in [0.1, 0.15) is 0 Å². The molecule has 0 spiro atoms. The van der Waals surface area contributed by atoms with E-state index in [2.05, 4.69) is 57.6 Å². The molecule has 0 saturated heterocycles. The third-order valence-electron chi connectivity index (χ3n) is 3.20. The SMILES string of the molecule is Oc1[nH]c2ccc(Br)cc2c1N=NC(=S)N/N=C/c1ccc(Br)cc1. The predicted molar refractivity (Wildman–Crippen MR) is 110 cm³/mol. The monoisotopic (exact) mass is 479 g/mol. The third kappa shape index (κ3) is 4.50. The number of azo groups is 1. The molecule has 0 radical (unpaired) electrons. The van der Waals surface area contributed by atoms with Crippen LogP contribution in [0.3, 0.4) is 0 Å². The van der Waals surface area contributed by atoms with E-state index in [1.54, 1.807) is 6.21 Å². The highest BCUT2D eigenvalue weighted by Crippen LogP contribution is 2.36. The number of rotatable bonds is 3. The molecule has 0 aliphatic rings. The topological polar surface area (TPSA) is 85.1 Å². The van der Waals surface area contributed by atoms with Crippen molar-refractivity contribution in [2.75, 3.05) is 0 Å². The summed E-state index contributed by atoms with van der Waals surface area (Å²) in [6.45, 7) is 0. The van der Waals surface area contributed by atoms with E-state index in [0.717, 1.165) is 25.4 Å². The minimum Gasteiger partial charge on any atom is -0.493 e. The molecule has 0 bridgehead atoms. The van der Waals surface area contributed by atoms with Crippen molar-refractivity contribution in [2.45, 2.75) is 0 Å². The zero-order valence-corrected chi connectivity index (χ0v) is 16.6. The van der Waals surface area contributed by atoms with Crippen molar-refractivity contribution >= 4 is 72.0 Å². The van der Waals surface area contributed by atoms with Gasteiger partial charge in [-0.05, 0) is 48.1 Å². The van der Waals surface area contributed by atoms with Crippen molar-refractivity contribution < 1.29 is 5.11 Å². The van der Waals surface area contributed by atoms with E-state index < -0.39 is 0 Å². The van der Waals surface area contributed by atoms with Crippen LogP contribution in [0, 0.1) is 0 Å². The molecule has 0 atom stereocenters. The molecule has 0 amide bonds. The number of aromatic amines is 1. The molecular formula is C16H11Br2N5OS. The van der Waals surface area contributed by atoms with Gasteiger partial charge in [0.25, 0.3) is 0 Å². The molecule has 3 rings (SSSR count). The van der Waals surface area contributed by atoms with Gasteiger partial charge in [0, 0.05) is 14.3 Å². The van der Waals surface area contributed by atoms with E-state index in [-0.39, 0.29) is 11.0 Å². The van der Waals surface area contributed by atoms with Crippen molar-refractivity contribution in [2.24, 2.45) is 15.3 Å². The predicted octanol–water partition coefficient (Wildman–Crippen LogP) is 5.39. The summed E-state index contributed by atoms with van der Waals surface area (Å²) in [6, 6.07) is 13.2. The number of halogens is 2. The number of H-pyrrole nitrogens is 1. The molecule has 0 fully saturated rings. The second-order valence-electron chi connectivity index (χ2n) is 4.94. The molecule has 0 aliphatic heterocycles. The molecule has 0 saturated carbocycles. The van der Waals surface area contributed by atoms with Crippen LogP contribution in [0.2, 0.25) is 0 Å². The summed E-state index contributed by atoms with van der Waals surface area (Å²) in [5.74, 6) is -0.0713. The molecule has 6 nitrogen and oxygen atoms in total. The third-order valence-corrected chi connectivity index (χ3v) is 4.39. The number of hydrogen-bond acceptors (Lipinski definition) is 4. The Morgan fingerprint density at radius 3 is 2.60 bits per heavy atom. The molecule has 126 valence electrons. The number of nitrogens with one attached hydrogen (secondary N) is 2. The van der Waals surface area contributed by atoms with Gasteiger partial charge in [-0.25, -0.2) is 0 Å². The Labute approximate surface area is 165 Å². The summed E-state index contributed by atoms with van der Waals surface area (Å²) < 4.78 is 1.86. The van der Waals surface area contributed by atoms with Gasteiger partial charge in [-0.3, -0.25) is 5.43 Å². The first-order chi connectivity index (χ1) is 12.0. The van der Waals surface area contributed by atoms with E-state index in [0.29, 0.717) is 5.69 Å². The van der Waals surface area contributed by atoms with Gasteiger partial charge in [-0.1, -0.05) is 44.0 Å². The van der Waals surface area contributed by atoms with E-state index in [9.17, 15) is 5.11 Å². The second-order valence-corrected chi connectivity index (χ2v) is 7.16. The van der Waals surface area contributed by atoms with E-state index in [4.69, 9.17) is 12.2 Å². The van der Waals surface area contributed by atoms with Crippen LogP contribution >= 0.6 is 44.1 Å². The van der Waals surface area contributed by atoms with Gasteiger partial charge in [-0.15, -0.1) is 10.2 Å². The summed E-state index contributed by atoms with van der Waals surface area (Å²) in [5.41, 5.74) is 4.60. The molecule has 2 aromatic carbocycles. The van der Waals surface area contributed by atoms with Crippen molar-refractivity contribution in [3.63, 3.8) is 0 Å². The normalized spacial score (nSPS) is 11.6. The van der Waals surface area contributed by atoms with Crippen LogP contribution in [0.15, 0.2) is 66.7 Å². The molecule has 3 N–H and O–H groups in total. The number of nitrogens with zero attached hydrogens (tertiary/aromatic N) is 3. The maximum absolute atomic E-state index is 9.96. The lowest BCUT2D eigenvalue weighted by Crippen LogP contribution is -2.11. The fourth-order valence-corrected chi connectivity index (χ4v) is 2.78. The Balaban J connectivity index is 1.69. The molecule has 9 heteroatoms. The smallest absolute Gasteiger partial charge is 0.234 e. The van der Waals surface area contributed by atoms with E-state index >= 15 is 0 Å².